The minimum absolute atomic E-state index is 0.0256. The number of fused-ring (bicyclic) bond motifs is 9. The molecular formula is C54H68O6. The van der Waals surface area contributed by atoms with E-state index in [1.807, 2.05) is 0 Å². The Labute approximate surface area is 358 Å². The topological polar surface area (TPSA) is 78.9 Å². The van der Waals surface area contributed by atoms with Gasteiger partial charge in [-0.2, -0.15) is 0 Å². The van der Waals surface area contributed by atoms with Crippen molar-refractivity contribution >= 4 is 17.9 Å². The Morgan fingerprint density at radius 1 is 0.550 bits per heavy atom. The van der Waals surface area contributed by atoms with Gasteiger partial charge in [0, 0.05) is 0 Å². The van der Waals surface area contributed by atoms with Gasteiger partial charge < -0.3 is 14.2 Å². The smallest absolute Gasteiger partial charge is 0.312 e. The SMILES string of the molecule is CC1(C(=O)OCC(COC(=O)C2(C)CCC3(C)c4ccccc4CCC3C2)OC(=O)C2(C)CCC3c4ccccc4CCC3(C)C2)CCC2(C)c3ccccc3CCC2C1. The molecule has 6 aliphatic carbocycles. The summed E-state index contributed by atoms with van der Waals surface area (Å²) in [6.45, 7) is 13.0. The maximum absolute atomic E-state index is 14.5. The highest BCUT2D eigenvalue weighted by Gasteiger charge is 2.55. The van der Waals surface area contributed by atoms with Crippen LogP contribution in [0.1, 0.15) is 158 Å². The Morgan fingerprint density at radius 2 is 1.05 bits per heavy atom. The number of ether oxygens (including phenoxy) is 3. The molecule has 0 amide bonds. The molecule has 3 fully saturated rings. The molecule has 3 saturated carbocycles. The lowest BCUT2D eigenvalue weighted by Gasteiger charge is -2.52. The fraction of sp³-hybridized carbons (Fsp3) is 0.611. The van der Waals surface area contributed by atoms with Crippen LogP contribution < -0.4 is 0 Å². The Kier molecular flexibility index (Phi) is 10.5. The van der Waals surface area contributed by atoms with Gasteiger partial charge >= 0.3 is 17.9 Å². The predicted octanol–water partition coefficient (Wildman–Crippen LogP) is 11.3. The second-order valence-electron chi connectivity index (χ2n) is 22.1. The van der Waals surface area contributed by atoms with Crippen LogP contribution in [0.4, 0.5) is 0 Å². The largest absolute Gasteiger partial charge is 0.461 e. The number of esters is 3. The van der Waals surface area contributed by atoms with E-state index in [1.165, 1.54) is 33.4 Å². The molecule has 0 aliphatic heterocycles. The van der Waals surface area contributed by atoms with Gasteiger partial charge in [-0.15, -0.1) is 0 Å². The molecule has 3 aromatic rings. The van der Waals surface area contributed by atoms with Gasteiger partial charge in [0.05, 0.1) is 16.2 Å². The van der Waals surface area contributed by atoms with Crippen LogP contribution in [0.15, 0.2) is 72.8 Å². The minimum atomic E-state index is -0.891. The monoisotopic (exact) mass is 813 g/mol. The van der Waals surface area contributed by atoms with Crippen molar-refractivity contribution in [3.05, 3.63) is 106 Å². The first-order valence-electron chi connectivity index (χ1n) is 23.4. The zero-order chi connectivity index (χ0) is 42.1. The van der Waals surface area contributed by atoms with Crippen LogP contribution in [-0.2, 0) is 58.7 Å². The highest BCUT2D eigenvalue weighted by Crippen LogP contribution is 2.60. The lowest BCUT2D eigenvalue weighted by Crippen LogP contribution is -2.49. The summed E-state index contributed by atoms with van der Waals surface area (Å²) < 4.78 is 18.8. The van der Waals surface area contributed by atoms with Gasteiger partial charge in [0.15, 0.2) is 6.10 Å². The van der Waals surface area contributed by atoms with Crippen LogP contribution in [0.2, 0.25) is 0 Å². The van der Waals surface area contributed by atoms with Gasteiger partial charge in [-0.25, -0.2) is 0 Å². The molecule has 9 rings (SSSR count). The molecule has 0 saturated heterocycles. The fourth-order valence-electron chi connectivity index (χ4n) is 13.9. The normalized spacial score (nSPS) is 37.0. The van der Waals surface area contributed by atoms with Gasteiger partial charge in [0.1, 0.15) is 13.2 Å². The highest BCUT2D eigenvalue weighted by atomic mass is 16.6. The second-order valence-corrected chi connectivity index (χ2v) is 22.1. The van der Waals surface area contributed by atoms with Crippen molar-refractivity contribution < 1.29 is 28.6 Å². The third kappa shape index (κ3) is 7.04. The number of aryl methyl sites for hydroxylation is 3. The number of hydrogen-bond donors (Lipinski definition) is 0. The first kappa shape index (κ1) is 41.4. The number of hydrogen-bond acceptors (Lipinski definition) is 6. The van der Waals surface area contributed by atoms with E-state index in [-0.39, 0.29) is 47.4 Å². The van der Waals surface area contributed by atoms with Crippen LogP contribution in [0, 0.1) is 33.5 Å². The molecule has 0 bridgehead atoms. The predicted molar refractivity (Wildman–Crippen MR) is 234 cm³/mol. The van der Waals surface area contributed by atoms with E-state index in [0.29, 0.717) is 17.8 Å². The summed E-state index contributed by atoms with van der Waals surface area (Å²) in [6, 6.07) is 26.4. The summed E-state index contributed by atoms with van der Waals surface area (Å²) >= 11 is 0. The maximum atomic E-state index is 14.5. The van der Waals surface area contributed by atoms with Crippen molar-refractivity contribution in [2.45, 2.75) is 161 Å². The number of benzene rings is 3. The molecule has 9 unspecified atom stereocenters. The van der Waals surface area contributed by atoms with Crippen molar-refractivity contribution in [3.8, 4) is 0 Å². The summed E-state index contributed by atoms with van der Waals surface area (Å²) in [6.07, 6.45) is 12.5. The molecular weight excluding hydrogens is 745 g/mol. The molecule has 6 nitrogen and oxygen atoms in total. The summed E-state index contributed by atoms with van der Waals surface area (Å²) in [4.78, 5) is 42.9. The maximum Gasteiger partial charge on any atom is 0.312 e. The van der Waals surface area contributed by atoms with Crippen LogP contribution in [0.3, 0.4) is 0 Å². The Hall–Kier alpha value is -3.93. The number of rotatable bonds is 8. The van der Waals surface area contributed by atoms with Crippen molar-refractivity contribution in [2.24, 2.45) is 33.5 Å². The average molecular weight is 813 g/mol. The summed E-state index contributed by atoms with van der Waals surface area (Å²) in [5.41, 5.74) is 6.69. The lowest BCUT2D eigenvalue weighted by atomic mass is 9.53. The summed E-state index contributed by atoms with van der Waals surface area (Å²) in [5.74, 6) is 0.407. The van der Waals surface area contributed by atoms with Crippen LogP contribution in [-0.4, -0.2) is 37.2 Å². The van der Waals surface area contributed by atoms with E-state index < -0.39 is 22.3 Å². The van der Waals surface area contributed by atoms with Gasteiger partial charge in [-0.3, -0.25) is 14.4 Å². The molecule has 0 spiro atoms. The van der Waals surface area contributed by atoms with Gasteiger partial charge in [0.25, 0.3) is 0 Å². The van der Waals surface area contributed by atoms with Crippen LogP contribution >= 0.6 is 0 Å². The highest BCUT2D eigenvalue weighted by molar-refractivity contribution is 5.79. The molecule has 0 radical (unpaired) electrons. The molecule has 3 aromatic carbocycles. The third-order valence-corrected chi connectivity index (χ3v) is 17.9. The Morgan fingerprint density at radius 3 is 1.60 bits per heavy atom. The second kappa shape index (κ2) is 15.2. The van der Waals surface area contributed by atoms with Crippen molar-refractivity contribution in [1.82, 2.24) is 0 Å². The lowest BCUT2D eigenvalue weighted by molar-refractivity contribution is -0.184. The molecule has 6 aliphatic rings. The van der Waals surface area contributed by atoms with E-state index >= 15 is 0 Å². The van der Waals surface area contributed by atoms with Crippen molar-refractivity contribution in [3.63, 3.8) is 0 Å². The molecule has 6 heteroatoms. The first-order valence-corrected chi connectivity index (χ1v) is 23.4. The molecule has 60 heavy (non-hydrogen) atoms. The fourth-order valence-corrected chi connectivity index (χ4v) is 13.9. The molecule has 0 heterocycles. The van der Waals surface area contributed by atoms with Crippen LogP contribution in [0.5, 0.6) is 0 Å². The molecule has 9 atom stereocenters. The summed E-state index contributed by atoms with van der Waals surface area (Å²) in [7, 11) is 0. The van der Waals surface area contributed by atoms with E-state index in [2.05, 4.69) is 114 Å². The standard InChI is InChI=1S/C54H68O6/c1-49(27-29-53(5)39(31-49)21-19-37-14-8-11-17-43(37)53)46(55)58-33-41(60-48(57)52(4)26-24-45-42-16-10-7-13-36(42)23-25-51(45,3)35-52)34-59-47(56)50(2)28-30-54(6)40(32-50)22-20-38-15-9-12-18-44(38)54/h7-18,39-41,45H,19-35H2,1-6H3. The average Bonchev–Trinajstić information content (AvgIpc) is 3.24. The zero-order valence-electron chi connectivity index (χ0n) is 37.2. The Bertz CT molecular complexity index is 2060. The third-order valence-electron chi connectivity index (χ3n) is 17.9. The van der Waals surface area contributed by atoms with Gasteiger partial charge in [-0.05, 0) is 184 Å². The number of carbonyl (C=O) groups is 3. The van der Waals surface area contributed by atoms with E-state index in [9.17, 15) is 14.4 Å². The molecule has 0 N–H and O–H groups in total. The van der Waals surface area contributed by atoms with E-state index in [0.717, 1.165) is 96.3 Å². The van der Waals surface area contributed by atoms with E-state index in [1.54, 1.807) is 0 Å². The van der Waals surface area contributed by atoms with Crippen LogP contribution in [0.25, 0.3) is 0 Å². The van der Waals surface area contributed by atoms with Crippen molar-refractivity contribution in [2.75, 3.05) is 13.2 Å². The Balaban J connectivity index is 0.896. The minimum Gasteiger partial charge on any atom is -0.461 e. The quantitative estimate of drug-likeness (QED) is 0.166. The zero-order valence-corrected chi connectivity index (χ0v) is 37.2. The van der Waals surface area contributed by atoms with Gasteiger partial charge in [0.2, 0.25) is 0 Å². The summed E-state index contributed by atoms with van der Waals surface area (Å²) in [5, 5.41) is 0. The molecule has 320 valence electrons. The molecule has 0 aromatic heterocycles. The first-order chi connectivity index (χ1) is 28.6. The van der Waals surface area contributed by atoms with Crippen molar-refractivity contribution in [1.29, 1.82) is 0 Å². The number of carbonyl (C=O) groups excluding carboxylic acids is 3. The van der Waals surface area contributed by atoms with Gasteiger partial charge in [-0.1, -0.05) is 93.6 Å². The van der Waals surface area contributed by atoms with E-state index in [4.69, 9.17) is 14.2 Å².